The summed E-state index contributed by atoms with van der Waals surface area (Å²) in [7, 11) is 3.33. The summed E-state index contributed by atoms with van der Waals surface area (Å²) < 4.78 is 10.3. The fourth-order valence-corrected chi connectivity index (χ4v) is 0.906. The largest absolute Gasteiger partial charge is 0.497 e. The summed E-state index contributed by atoms with van der Waals surface area (Å²) in [6.07, 6.45) is 3.01. The number of methoxy groups -OCH3 is 2. The lowest BCUT2D eigenvalue weighted by Crippen LogP contribution is -2.06. The fourth-order valence-electron chi connectivity index (χ4n) is 0.906. The van der Waals surface area contributed by atoms with E-state index in [-0.39, 0.29) is 6.10 Å². The van der Waals surface area contributed by atoms with Crippen molar-refractivity contribution in [2.45, 2.75) is 26.4 Å². The van der Waals surface area contributed by atoms with E-state index in [9.17, 15) is 0 Å². The Kier molecular flexibility index (Phi) is 5.47. The highest BCUT2D eigenvalue weighted by atomic mass is 16.5. The van der Waals surface area contributed by atoms with Gasteiger partial charge in [0.15, 0.2) is 0 Å². The Morgan fingerprint density at radius 3 is 2.33 bits per heavy atom. The van der Waals surface area contributed by atoms with Crippen molar-refractivity contribution < 1.29 is 9.47 Å². The lowest BCUT2D eigenvalue weighted by molar-refractivity contribution is 0.133. The molecule has 12 heavy (non-hydrogen) atoms. The van der Waals surface area contributed by atoms with Gasteiger partial charge in [-0.15, -0.1) is 0 Å². The minimum Gasteiger partial charge on any atom is -0.497 e. The van der Waals surface area contributed by atoms with Crippen LogP contribution in [0.1, 0.15) is 20.3 Å². The van der Waals surface area contributed by atoms with Crippen molar-refractivity contribution in [3.63, 3.8) is 0 Å². The lowest BCUT2D eigenvalue weighted by Gasteiger charge is -2.11. The first-order valence-electron chi connectivity index (χ1n) is 4.10. The molecule has 0 fully saturated rings. The van der Waals surface area contributed by atoms with Gasteiger partial charge in [0.05, 0.1) is 13.2 Å². The molecule has 0 radical (unpaired) electrons. The van der Waals surface area contributed by atoms with E-state index >= 15 is 0 Å². The predicted molar refractivity (Wildman–Crippen MR) is 51.0 cm³/mol. The van der Waals surface area contributed by atoms with Gasteiger partial charge in [0.1, 0.15) is 5.76 Å². The second-order valence-corrected chi connectivity index (χ2v) is 2.70. The van der Waals surface area contributed by atoms with E-state index in [1.54, 1.807) is 14.2 Å². The van der Waals surface area contributed by atoms with Gasteiger partial charge < -0.3 is 9.47 Å². The molecule has 0 aliphatic heterocycles. The summed E-state index contributed by atoms with van der Waals surface area (Å²) in [6, 6.07) is 0. The average Bonchev–Trinajstić information content (AvgIpc) is 2.06. The number of allylic oxidation sites excluding steroid dienone is 1. The first kappa shape index (κ1) is 11.2. The Morgan fingerprint density at radius 1 is 1.50 bits per heavy atom. The molecule has 1 atom stereocenters. The standard InChI is InChI=1S/C10H18O2/c1-6-9(11-4)7-10(12-5)8(2)3/h7,9H,2,6H2,1,3-5H3/b10-7+. The molecule has 0 aromatic rings. The zero-order chi connectivity index (χ0) is 9.56. The van der Waals surface area contributed by atoms with Crippen LogP contribution >= 0.6 is 0 Å². The fraction of sp³-hybridized carbons (Fsp3) is 0.600. The van der Waals surface area contributed by atoms with Crippen molar-refractivity contribution in [1.29, 1.82) is 0 Å². The third-order valence-corrected chi connectivity index (χ3v) is 1.68. The van der Waals surface area contributed by atoms with E-state index < -0.39 is 0 Å². The monoisotopic (exact) mass is 170 g/mol. The molecule has 1 unspecified atom stereocenters. The first-order chi connectivity index (χ1) is 5.65. The van der Waals surface area contributed by atoms with Crippen molar-refractivity contribution in [2.75, 3.05) is 14.2 Å². The van der Waals surface area contributed by atoms with Crippen LogP contribution in [0.4, 0.5) is 0 Å². The Hall–Kier alpha value is -0.760. The van der Waals surface area contributed by atoms with Crippen LogP contribution in [-0.2, 0) is 9.47 Å². The quantitative estimate of drug-likeness (QED) is 0.466. The van der Waals surface area contributed by atoms with E-state index in [2.05, 4.69) is 13.5 Å². The van der Waals surface area contributed by atoms with E-state index in [1.807, 2.05) is 13.0 Å². The molecule has 0 saturated carbocycles. The van der Waals surface area contributed by atoms with Crippen molar-refractivity contribution >= 4 is 0 Å². The van der Waals surface area contributed by atoms with Crippen LogP contribution in [0.15, 0.2) is 24.0 Å². The van der Waals surface area contributed by atoms with Crippen molar-refractivity contribution in [3.8, 4) is 0 Å². The highest BCUT2D eigenvalue weighted by Crippen LogP contribution is 2.10. The molecule has 0 amide bonds. The number of hydrogen-bond donors (Lipinski definition) is 0. The van der Waals surface area contributed by atoms with Crippen LogP contribution in [0.2, 0.25) is 0 Å². The summed E-state index contributed by atoms with van der Waals surface area (Å²) in [5, 5.41) is 0. The number of ether oxygens (including phenoxy) is 2. The summed E-state index contributed by atoms with van der Waals surface area (Å²) >= 11 is 0. The van der Waals surface area contributed by atoms with Gasteiger partial charge in [-0.2, -0.15) is 0 Å². The molecule has 0 heterocycles. The topological polar surface area (TPSA) is 18.5 Å². The van der Waals surface area contributed by atoms with E-state index in [4.69, 9.17) is 9.47 Å². The molecule has 0 aromatic heterocycles. The zero-order valence-corrected chi connectivity index (χ0v) is 8.39. The van der Waals surface area contributed by atoms with Gasteiger partial charge in [0.25, 0.3) is 0 Å². The number of rotatable bonds is 5. The predicted octanol–water partition coefficient (Wildman–Crippen LogP) is 2.52. The van der Waals surface area contributed by atoms with E-state index in [0.717, 1.165) is 17.8 Å². The molecule has 0 saturated heterocycles. The van der Waals surface area contributed by atoms with Crippen molar-refractivity contribution in [1.82, 2.24) is 0 Å². The SMILES string of the molecule is C=C(C)/C(=C\C(CC)OC)OC. The lowest BCUT2D eigenvalue weighted by atomic mass is 10.2. The van der Waals surface area contributed by atoms with Gasteiger partial charge in [-0.1, -0.05) is 13.5 Å². The average molecular weight is 170 g/mol. The second-order valence-electron chi connectivity index (χ2n) is 2.70. The van der Waals surface area contributed by atoms with Crippen LogP contribution in [0.25, 0.3) is 0 Å². The van der Waals surface area contributed by atoms with E-state index in [0.29, 0.717) is 0 Å². The van der Waals surface area contributed by atoms with Gasteiger partial charge in [0.2, 0.25) is 0 Å². The van der Waals surface area contributed by atoms with Crippen LogP contribution in [0.3, 0.4) is 0 Å². The summed E-state index contributed by atoms with van der Waals surface area (Å²) in [4.78, 5) is 0. The Labute approximate surface area is 74.9 Å². The minimum absolute atomic E-state index is 0.122. The Balaban J connectivity index is 4.34. The molecule has 70 valence electrons. The van der Waals surface area contributed by atoms with Crippen LogP contribution in [0, 0.1) is 0 Å². The summed E-state index contributed by atoms with van der Waals surface area (Å²) in [5.41, 5.74) is 0.924. The van der Waals surface area contributed by atoms with Crippen LogP contribution in [0.5, 0.6) is 0 Å². The molecule has 0 bridgehead atoms. The Morgan fingerprint density at radius 2 is 2.08 bits per heavy atom. The maximum absolute atomic E-state index is 5.18. The smallest absolute Gasteiger partial charge is 0.119 e. The molecule has 0 rings (SSSR count). The van der Waals surface area contributed by atoms with E-state index in [1.165, 1.54) is 0 Å². The van der Waals surface area contributed by atoms with Crippen molar-refractivity contribution in [3.05, 3.63) is 24.0 Å². The van der Waals surface area contributed by atoms with Crippen LogP contribution < -0.4 is 0 Å². The summed E-state index contributed by atoms with van der Waals surface area (Å²) in [5.74, 6) is 0.809. The molecule has 0 aliphatic carbocycles. The molecular formula is C10H18O2. The van der Waals surface area contributed by atoms with Gasteiger partial charge in [-0.3, -0.25) is 0 Å². The maximum Gasteiger partial charge on any atom is 0.119 e. The highest BCUT2D eigenvalue weighted by Gasteiger charge is 2.03. The zero-order valence-electron chi connectivity index (χ0n) is 8.39. The maximum atomic E-state index is 5.18. The van der Waals surface area contributed by atoms with Crippen LogP contribution in [-0.4, -0.2) is 20.3 Å². The molecular weight excluding hydrogens is 152 g/mol. The van der Waals surface area contributed by atoms with Crippen molar-refractivity contribution in [2.24, 2.45) is 0 Å². The van der Waals surface area contributed by atoms with Gasteiger partial charge in [-0.25, -0.2) is 0 Å². The molecule has 0 spiro atoms. The summed E-state index contributed by atoms with van der Waals surface area (Å²) in [6.45, 7) is 7.78. The van der Waals surface area contributed by atoms with Gasteiger partial charge in [-0.05, 0) is 25.0 Å². The molecule has 0 aromatic carbocycles. The van der Waals surface area contributed by atoms with Gasteiger partial charge in [0, 0.05) is 7.11 Å². The second kappa shape index (κ2) is 5.84. The number of hydrogen-bond acceptors (Lipinski definition) is 2. The highest BCUT2D eigenvalue weighted by molar-refractivity contribution is 5.21. The molecule has 2 heteroatoms. The molecule has 0 N–H and O–H groups in total. The van der Waals surface area contributed by atoms with Gasteiger partial charge >= 0.3 is 0 Å². The Bertz CT molecular complexity index is 167. The molecule has 2 nitrogen and oxygen atoms in total. The third kappa shape index (κ3) is 3.58. The normalized spacial score (nSPS) is 14.2. The first-order valence-corrected chi connectivity index (χ1v) is 4.10. The minimum atomic E-state index is 0.122. The molecule has 0 aliphatic rings. The third-order valence-electron chi connectivity index (χ3n) is 1.68.